The van der Waals surface area contributed by atoms with Crippen LogP contribution in [0.1, 0.15) is 51.2 Å². The van der Waals surface area contributed by atoms with Crippen molar-refractivity contribution in [3.05, 3.63) is 35.4 Å². The lowest BCUT2D eigenvalue weighted by molar-refractivity contribution is -0.134. The number of carbonyl (C=O) groups is 1. The summed E-state index contributed by atoms with van der Waals surface area (Å²) in [5.74, 6) is 0.379. The van der Waals surface area contributed by atoms with Gasteiger partial charge in [0, 0.05) is 13.1 Å². The van der Waals surface area contributed by atoms with Crippen molar-refractivity contribution in [2.24, 2.45) is 0 Å². The van der Waals surface area contributed by atoms with Crippen LogP contribution in [0.2, 0.25) is 0 Å². The quantitative estimate of drug-likeness (QED) is 0.843. The molecular formula is C19H27NO3S. The molecule has 2 aliphatic rings. The molecule has 1 aromatic carbocycles. The predicted molar refractivity (Wildman–Crippen MR) is 95.9 cm³/mol. The fourth-order valence-electron chi connectivity index (χ4n) is 3.62. The summed E-state index contributed by atoms with van der Waals surface area (Å²) in [4.78, 5) is 14.7. The molecule has 0 N–H and O–H groups in total. The highest BCUT2D eigenvalue weighted by Gasteiger charge is 2.53. The molecule has 5 heteroatoms. The van der Waals surface area contributed by atoms with Gasteiger partial charge in [-0.2, -0.15) is 0 Å². The highest BCUT2D eigenvalue weighted by molar-refractivity contribution is 7.91. The SMILES string of the molecule is CN(C(=O)C1(c2ccc(C(C)(C)C)cc2)CC1)C1CCS(=O)(=O)C1. The topological polar surface area (TPSA) is 54.5 Å². The van der Waals surface area contributed by atoms with Crippen LogP contribution < -0.4 is 0 Å². The first-order valence-electron chi connectivity index (χ1n) is 8.64. The maximum absolute atomic E-state index is 13.0. The Kier molecular flexibility index (Phi) is 4.06. The standard InChI is InChI=1S/C19H27NO3S/c1-18(2,3)14-5-7-15(8-6-14)19(10-11-19)17(21)20(4)16-9-12-24(22,23)13-16/h5-8,16H,9-13H2,1-4H3. The van der Waals surface area contributed by atoms with Gasteiger partial charge in [0.25, 0.3) is 0 Å². The van der Waals surface area contributed by atoms with Gasteiger partial charge in [-0.25, -0.2) is 8.42 Å². The Balaban J connectivity index is 1.79. The van der Waals surface area contributed by atoms with Crippen LogP contribution >= 0.6 is 0 Å². The van der Waals surface area contributed by atoms with Gasteiger partial charge in [0.15, 0.2) is 9.84 Å². The van der Waals surface area contributed by atoms with E-state index in [0.29, 0.717) is 6.42 Å². The molecule has 0 spiro atoms. The molecule has 3 rings (SSSR count). The highest BCUT2D eigenvalue weighted by Crippen LogP contribution is 2.50. The van der Waals surface area contributed by atoms with Crippen molar-refractivity contribution in [1.82, 2.24) is 4.90 Å². The minimum Gasteiger partial charge on any atom is -0.341 e. The summed E-state index contributed by atoms with van der Waals surface area (Å²) in [6.07, 6.45) is 2.26. The average molecular weight is 349 g/mol. The van der Waals surface area contributed by atoms with Gasteiger partial charge in [-0.1, -0.05) is 45.0 Å². The Hall–Kier alpha value is -1.36. The van der Waals surface area contributed by atoms with E-state index in [1.807, 2.05) is 0 Å². The predicted octanol–water partition coefficient (Wildman–Crippen LogP) is 2.66. The van der Waals surface area contributed by atoms with Crippen LogP contribution in [0.5, 0.6) is 0 Å². The van der Waals surface area contributed by atoms with Gasteiger partial charge in [0.1, 0.15) is 0 Å². The summed E-state index contributed by atoms with van der Waals surface area (Å²) in [5.41, 5.74) is 1.98. The summed E-state index contributed by atoms with van der Waals surface area (Å²) < 4.78 is 23.4. The number of carbonyl (C=O) groups excluding carboxylic acids is 1. The largest absolute Gasteiger partial charge is 0.341 e. The average Bonchev–Trinajstić information content (AvgIpc) is 3.24. The zero-order valence-electron chi connectivity index (χ0n) is 15.0. The molecule has 0 aromatic heterocycles. The Labute approximate surface area is 145 Å². The molecule has 4 nitrogen and oxygen atoms in total. The number of nitrogens with zero attached hydrogens (tertiary/aromatic N) is 1. The number of likely N-dealkylation sites (N-methyl/N-ethyl adjacent to an activating group) is 1. The first kappa shape index (κ1) is 17.5. The molecule has 0 radical (unpaired) electrons. The van der Waals surface area contributed by atoms with Crippen LogP contribution in [0.15, 0.2) is 24.3 Å². The number of hydrogen-bond donors (Lipinski definition) is 0. The van der Waals surface area contributed by atoms with Crippen molar-refractivity contribution in [1.29, 1.82) is 0 Å². The molecule has 1 aliphatic carbocycles. The molecule has 1 heterocycles. The lowest BCUT2D eigenvalue weighted by Crippen LogP contribution is -2.43. The lowest BCUT2D eigenvalue weighted by atomic mass is 9.84. The summed E-state index contributed by atoms with van der Waals surface area (Å²) in [6.45, 7) is 6.52. The Bertz CT molecular complexity index is 740. The summed E-state index contributed by atoms with van der Waals surface area (Å²) in [7, 11) is -1.22. The maximum atomic E-state index is 13.0. The van der Waals surface area contributed by atoms with E-state index < -0.39 is 15.3 Å². The summed E-state index contributed by atoms with van der Waals surface area (Å²) in [6, 6.07) is 8.20. The van der Waals surface area contributed by atoms with E-state index in [1.54, 1.807) is 11.9 Å². The third kappa shape index (κ3) is 3.10. The molecule has 1 amide bonds. The van der Waals surface area contributed by atoms with Gasteiger partial charge < -0.3 is 4.90 Å². The fourth-order valence-corrected chi connectivity index (χ4v) is 5.40. The van der Waals surface area contributed by atoms with Crippen LogP contribution in [-0.2, 0) is 25.5 Å². The van der Waals surface area contributed by atoms with Gasteiger partial charge in [-0.05, 0) is 35.8 Å². The van der Waals surface area contributed by atoms with E-state index in [0.717, 1.165) is 18.4 Å². The molecule has 1 atom stereocenters. The second-order valence-electron chi connectivity index (χ2n) is 8.38. The van der Waals surface area contributed by atoms with Gasteiger partial charge in [-0.15, -0.1) is 0 Å². The maximum Gasteiger partial charge on any atom is 0.233 e. The van der Waals surface area contributed by atoms with Crippen molar-refractivity contribution in [2.45, 2.75) is 56.9 Å². The molecule has 1 aromatic rings. The normalized spacial score (nSPS) is 24.6. The van der Waals surface area contributed by atoms with E-state index in [4.69, 9.17) is 0 Å². The van der Waals surface area contributed by atoms with Crippen molar-refractivity contribution < 1.29 is 13.2 Å². The van der Waals surface area contributed by atoms with Crippen molar-refractivity contribution in [3.8, 4) is 0 Å². The van der Waals surface area contributed by atoms with E-state index >= 15 is 0 Å². The van der Waals surface area contributed by atoms with Crippen molar-refractivity contribution >= 4 is 15.7 Å². The summed E-state index contributed by atoms with van der Waals surface area (Å²) >= 11 is 0. The third-order valence-corrected chi connectivity index (χ3v) is 7.29. The van der Waals surface area contributed by atoms with Gasteiger partial charge in [-0.3, -0.25) is 4.79 Å². The van der Waals surface area contributed by atoms with Gasteiger partial charge in [0.2, 0.25) is 5.91 Å². The van der Waals surface area contributed by atoms with E-state index in [1.165, 1.54) is 5.56 Å². The lowest BCUT2D eigenvalue weighted by Gasteiger charge is -2.29. The smallest absolute Gasteiger partial charge is 0.233 e. The first-order valence-corrected chi connectivity index (χ1v) is 10.5. The Morgan fingerprint density at radius 1 is 1.17 bits per heavy atom. The number of sulfone groups is 1. The van der Waals surface area contributed by atoms with Crippen LogP contribution in [-0.4, -0.2) is 43.8 Å². The van der Waals surface area contributed by atoms with Crippen LogP contribution in [0.25, 0.3) is 0 Å². The molecule has 1 saturated heterocycles. The second kappa shape index (κ2) is 5.58. The van der Waals surface area contributed by atoms with Gasteiger partial charge >= 0.3 is 0 Å². The third-order valence-electron chi connectivity index (χ3n) is 5.54. The monoisotopic (exact) mass is 349 g/mol. The molecular weight excluding hydrogens is 322 g/mol. The zero-order chi connectivity index (χ0) is 17.8. The van der Waals surface area contributed by atoms with Crippen LogP contribution in [0.4, 0.5) is 0 Å². The van der Waals surface area contributed by atoms with E-state index in [-0.39, 0.29) is 28.9 Å². The number of amides is 1. The number of hydrogen-bond acceptors (Lipinski definition) is 3. The second-order valence-corrected chi connectivity index (χ2v) is 10.6. The molecule has 1 aliphatic heterocycles. The first-order chi connectivity index (χ1) is 11.1. The Morgan fingerprint density at radius 2 is 1.75 bits per heavy atom. The molecule has 132 valence electrons. The summed E-state index contributed by atoms with van der Waals surface area (Å²) in [5, 5.41) is 0. The molecule has 24 heavy (non-hydrogen) atoms. The minimum atomic E-state index is -2.98. The van der Waals surface area contributed by atoms with Crippen LogP contribution in [0, 0.1) is 0 Å². The molecule has 1 saturated carbocycles. The van der Waals surface area contributed by atoms with Crippen LogP contribution in [0.3, 0.4) is 0 Å². The van der Waals surface area contributed by atoms with E-state index in [2.05, 4.69) is 45.0 Å². The number of benzene rings is 1. The molecule has 1 unspecified atom stereocenters. The zero-order valence-corrected chi connectivity index (χ0v) is 15.8. The minimum absolute atomic E-state index is 0.0770. The number of rotatable bonds is 3. The van der Waals surface area contributed by atoms with Gasteiger partial charge in [0.05, 0.1) is 16.9 Å². The molecule has 0 bridgehead atoms. The highest BCUT2D eigenvalue weighted by atomic mass is 32.2. The van der Waals surface area contributed by atoms with Crippen molar-refractivity contribution in [3.63, 3.8) is 0 Å². The molecule has 2 fully saturated rings. The van der Waals surface area contributed by atoms with Crippen molar-refractivity contribution in [2.75, 3.05) is 18.6 Å². The Morgan fingerprint density at radius 3 is 2.17 bits per heavy atom. The fraction of sp³-hybridized carbons (Fsp3) is 0.632. The van der Waals surface area contributed by atoms with E-state index in [9.17, 15) is 13.2 Å².